The summed E-state index contributed by atoms with van der Waals surface area (Å²) in [4.78, 5) is 32.6. The van der Waals surface area contributed by atoms with Crippen LogP contribution in [0.3, 0.4) is 0 Å². The molecule has 0 aliphatic carbocycles. The number of rotatable bonds is 11. The van der Waals surface area contributed by atoms with Crippen molar-refractivity contribution in [1.82, 2.24) is 9.80 Å². The van der Waals surface area contributed by atoms with Crippen LogP contribution in [-0.4, -0.2) is 48.4 Å². The van der Waals surface area contributed by atoms with E-state index in [-0.39, 0.29) is 18.4 Å². The van der Waals surface area contributed by atoms with Crippen LogP contribution in [0.5, 0.6) is 0 Å². The van der Waals surface area contributed by atoms with Gasteiger partial charge >= 0.3 is 0 Å². The largest absolute Gasteiger partial charge is 0.385 e. The number of benzene rings is 2. The summed E-state index contributed by atoms with van der Waals surface area (Å²) in [6, 6.07) is 21.6. The number of carbonyl (C=O) groups excluding carboxylic acids is 2. The second kappa shape index (κ2) is 12.3. The molecule has 5 nitrogen and oxygen atoms in total. The van der Waals surface area contributed by atoms with E-state index in [0.717, 1.165) is 16.0 Å². The van der Waals surface area contributed by atoms with Gasteiger partial charge in [0.1, 0.15) is 6.54 Å². The number of amides is 2. The van der Waals surface area contributed by atoms with E-state index >= 15 is 0 Å². The van der Waals surface area contributed by atoms with E-state index in [1.54, 1.807) is 23.3 Å². The summed E-state index contributed by atoms with van der Waals surface area (Å²) in [6.45, 7) is 6.11. The zero-order valence-electron chi connectivity index (χ0n) is 19.6. The average Bonchev–Trinajstić information content (AvgIpc) is 3.23. The van der Waals surface area contributed by atoms with Gasteiger partial charge in [0, 0.05) is 42.1 Å². The van der Waals surface area contributed by atoms with Gasteiger partial charge in [0.15, 0.2) is 0 Å². The number of carbonyl (C=O) groups is 2. The molecule has 0 aliphatic heterocycles. The van der Waals surface area contributed by atoms with Crippen LogP contribution in [0.25, 0.3) is 0 Å². The molecule has 0 saturated carbocycles. The summed E-state index contributed by atoms with van der Waals surface area (Å²) >= 11 is 1.69. The fourth-order valence-corrected chi connectivity index (χ4v) is 4.49. The minimum Gasteiger partial charge on any atom is -0.385 e. The van der Waals surface area contributed by atoms with Gasteiger partial charge in [0.25, 0.3) is 5.91 Å². The molecule has 0 spiro atoms. The minimum atomic E-state index is -0.133. The second-order valence-corrected chi connectivity index (χ2v) is 9.56. The van der Waals surface area contributed by atoms with Gasteiger partial charge in [0.2, 0.25) is 5.91 Å². The molecule has 1 aromatic heterocycles. The average molecular weight is 465 g/mol. The maximum Gasteiger partial charge on any atom is 0.254 e. The molecule has 174 valence electrons. The Bertz CT molecular complexity index is 1030. The molecule has 0 fully saturated rings. The van der Waals surface area contributed by atoms with E-state index in [1.165, 1.54) is 4.88 Å². The van der Waals surface area contributed by atoms with Gasteiger partial charge in [0.05, 0.1) is 6.54 Å². The number of methoxy groups -OCH3 is 1. The van der Waals surface area contributed by atoms with Crippen molar-refractivity contribution in [2.75, 3.05) is 26.8 Å². The van der Waals surface area contributed by atoms with Gasteiger partial charge < -0.3 is 14.5 Å². The third-order valence-electron chi connectivity index (χ3n) is 5.40. The lowest BCUT2D eigenvalue weighted by molar-refractivity contribution is -0.133. The summed E-state index contributed by atoms with van der Waals surface area (Å²) in [5, 5.41) is 0. The van der Waals surface area contributed by atoms with Crippen LogP contribution in [0.15, 0.2) is 66.7 Å². The van der Waals surface area contributed by atoms with Crippen LogP contribution >= 0.6 is 11.3 Å². The first-order valence-electron chi connectivity index (χ1n) is 11.2. The van der Waals surface area contributed by atoms with E-state index in [9.17, 15) is 9.59 Å². The highest BCUT2D eigenvalue weighted by Crippen LogP contribution is 2.19. The van der Waals surface area contributed by atoms with Gasteiger partial charge in [-0.05, 0) is 50.1 Å². The zero-order valence-corrected chi connectivity index (χ0v) is 20.4. The Balaban J connectivity index is 1.79. The predicted molar refractivity (Wildman–Crippen MR) is 133 cm³/mol. The van der Waals surface area contributed by atoms with Crippen molar-refractivity contribution in [2.24, 2.45) is 0 Å². The lowest BCUT2D eigenvalue weighted by Gasteiger charge is -2.28. The van der Waals surface area contributed by atoms with Crippen LogP contribution in [0.1, 0.15) is 37.7 Å². The second-order valence-electron chi connectivity index (χ2n) is 8.19. The molecule has 2 aromatic carbocycles. The molecule has 0 aliphatic rings. The number of hydrogen-bond acceptors (Lipinski definition) is 4. The van der Waals surface area contributed by atoms with Crippen LogP contribution in [0.4, 0.5) is 0 Å². The Hall–Kier alpha value is -2.96. The summed E-state index contributed by atoms with van der Waals surface area (Å²) in [5.74, 6) is -0.200. The third kappa shape index (κ3) is 7.55. The molecule has 33 heavy (non-hydrogen) atoms. The molecular weight excluding hydrogens is 432 g/mol. The van der Waals surface area contributed by atoms with Crippen molar-refractivity contribution in [2.45, 2.75) is 33.4 Å². The smallest absolute Gasteiger partial charge is 0.254 e. The Kier molecular flexibility index (Phi) is 9.22. The summed E-state index contributed by atoms with van der Waals surface area (Å²) in [7, 11) is 1.64. The lowest BCUT2D eigenvalue weighted by atomic mass is 10.1. The number of ether oxygens (including phenoxy) is 1. The van der Waals surface area contributed by atoms with E-state index in [1.807, 2.05) is 66.4 Å². The number of hydrogen-bond donors (Lipinski definition) is 0. The molecule has 0 atom stereocenters. The predicted octanol–water partition coefficient (Wildman–Crippen LogP) is 5.07. The molecule has 0 unspecified atom stereocenters. The van der Waals surface area contributed by atoms with Crippen molar-refractivity contribution in [3.05, 3.63) is 93.2 Å². The Morgan fingerprint density at radius 2 is 1.61 bits per heavy atom. The fraction of sp³-hybridized carbons (Fsp3) is 0.333. The zero-order chi connectivity index (χ0) is 23.6. The molecule has 3 rings (SSSR count). The highest BCUT2D eigenvalue weighted by molar-refractivity contribution is 7.11. The topological polar surface area (TPSA) is 49.9 Å². The Morgan fingerprint density at radius 1 is 0.879 bits per heavy atom. The first-order chi connectivity index (χ1) is 16.0. The monoisotopic (exact) mass is 464 g/mol. The van der Waals surface area contributed by atoms with Gasteiger partial charge in [-0.3, -0.25) is 9.59 Å². The molecular formula is C27H32N2O3S. The van der Waals surface area contributed by atoms with E-state index < -0.39 is 0 Å². The number of thiophene rings is 1. The molecule has 2 amide bonds. The normalized spacial score (nSPS) is 10.8. The van der Waals surface area contributed by atoms with Crippen molar-refractivity contribution >= 4 is 23.2 Å². The number of nitrogens with zero attached hydrogens (tertiary/aromatic N) is 2. The SMILES string of the molecule is COCCCN(CC(=O)N(Cc1ccccc1)Cc1ccc(C)s1)C(=O)c1ccc(C)cc1. The standard InChI is InChI=1S/C27H32N2O3S/c1-21-10-13-24(14-11-21)27(31)28(16-7-17-32-3)20-26(30)29(18-23-8-5-4-6-9-23)19-25-15-12-22(2)33-25/h4-6,8-15H,7,16-20H2,1-3H3. The van der Waals surface area contributed by atoms with E-state index in [0.29, 0.717) is 38.2 Å². The van der Waals surface area contributed by atoms with Crippen molar-refractivity contribution < 1.29 is 14.3 Å². The van der Waals surface area contributed by atoms with E-state index in [2.05, 4.69) is 19.1 Å². The highest BCUT2D eigenvalue weighted by atomic mass is 32.1. The Morgan fingerprint density at radius 3 is 2.24 bits per heavy atom. The van der Waals surface area contributed by atoms with Crippen LogP contribution in [0.2, 0.25) is 0 Å². The molecule has 6 heteroatoms. The van der Waals surface area contributed by atoms with Gasteiger partial charge in [-0.2, -0.15) is 0 Å². The van der Waals surface area contributed by atoms with Gasteiger partial charge in [-0.15, -0.1) is 11.3 Å². The van der Waals surface area contributed by atoms with Crippen molar-refractivity contribution in [3.8, 4) is 0 Å². The molecule has 3 aromatic rings. The van der Waals surface area contributed by atoms with Crippen molar-refractivity contribution in [1.29, 1.82) is 0 Å². The minimum absolute atomic E-state index is 0.0353. The summed E-state index contributed by atoms with van der Waals surface area (Å²) in [6.07, 6.45) is 0.671. The van der Waals surface area contributed by atoms with Gasteiger partial charge in [-0.1, -0.05) is 48.0 Å². The molecule has 0 N–H and O–H groups in total. The molecule has 0 saturated heterocycles. The van der Waals surface area contributed by atoms with E-state index in [4.69, 9.17) is 4.74 Å². The lowest BCUT2D eigenvalue weighted by Crippen LogP contribution is -2.43. The summed E-state index contributed by atoms with van der Waals surface area (Å²) in [5.41, 5.74) is 2.75. The van der Waals surface area contributed by atoms with Crippen molar-refractivity contribution in [3.63, 3.8) is 0 Å². The summed E-state index contributed by atoms with van der Waals surface area (Å²) < 4.78 is 5.17. The Labute approximate surface area is 200 Å². The molecule has 0 bridgehead atoms. The fourth-order valence-electron chi connectivity index (χ4n) is 3.59. The van der Waals surface area contributed by atoms with Crippen LogP contribution < -0.4 is 0 Å². The molecule has 1 heterocycles. The first-order valence-corrected chi connectivity index (χ1v) is 12.0. The first kappa shape index (κ1) is 24.7. The quantitative estimate of drug-likeness (QED) is 0.372. The highest BCUT2D eigenvalue weighted by Gasteiger charge is 2.23. The van der Waals surface area contributed by atoms with Gasteiger partial charge in [-0.25, -0.2) is 0 Å². The number of aryl methyl sites for hydroxylation is 2. The van der Waals surface area contributed by atoms with Crippen LogP contribution in [0, 0.1) is 13.8 Å². The maximum absolute atomic E-state index is 13.5. The third-order valence-corrected chi connectivity index (χ3v) is 6.39. The molecule has 0 radical (unpaired) electrons. The maximum atomic E-state index is 13.5. The van der Waals surface area contributed by atoms with Crippen LogP contribution in [-0.2, 0) is 22.6 Å².